The van der Waals surface area contributed by atoms with E-state index in [0.29, 0.717) is 5.57 Å². The highest BCUT2D eigenvalue weighted by Crippen LogP contribution is 2.29. The molecule has 4 rings (SSSR count). The number of ether oxygens (including phenoxy) is 1. The standard InChI is InChI=1S/C21H18BrN3O2/c1-14(15-2-5-19(6-3-15)25-9-8-23-13-25)24-21(26)17-10-16-11-18(22)4-7-20(16)27-12-17/h2-11,13-14H,12H2,1H3,(H,24,26)/t14-/m0/s1. The molecule has 5 nitrogen and oxygen atoms in total. The lowest BCUT2D eigenvalue weighted by molar-refractivity contribution is -0.118. The van der Waals surface area contributed by atoms with E-state index in [1.54, 1.807) is 12.5 Å². The lowest BCUT2D eigenvalue weighted by atomic mass is 10.0. The predicted molar refractivity (Wildman–Crippen MR) is 108 cm³/mol. The van der Waals surface area contributed by atoms with Gasteiger partial charge in [0, 0.05) is 28.1 Å². The summed E-state index contributed by atoms with van der Waals surface area (Å²) in [6.45, 7) is 2.24. The summed E-state index contributed by atoms with van der Waals surface area (Å²) in [4.78, 5) is 16.7. The van der Waals surface area contributed by atoms with Crippen molar-refractivity contribution in [1.29, 1.82) is 0 Å². The van der Waals surface area contributed by atoms with Crippen molar-refractivity contribution in [2.75, 3.05) is 6.61 Å². The third kappa shape index (κ3) is 3.80. The molecule has 27 heavy (non-hydrogen) atoms. The third-order valence-corrected chi connectivity index (χ3v) is 5.01. The topological polar surface area (TPSA) is 56.1 Å². The van der Waals surface area contributed by atoms with Gasteiger partial charge in [-0.05, 0) is 48.9 Å². The maximum absolute atomic E-state index is 12.6. The van der Waals surface area contributed by atoms with Crippen LogP contribution in [0.25, 0.3) is 11.8 Å². The Morgan fingerprint density at radius 1 is 1.26 bits per heavy atom. The summed E-state index contributed by atoms with van der Waals surface area (Å²) in [5, 5.41) is 3.05. The molecule has 2 heterocycles. The Balaban J connectivity index is 1.46. The summed E-state index contributed by atoms with van der Waals surface area (Å²) < 4.78 is 8.59. The Morgan fingerprint density at radius 3 is 2.81 bits per heavy atom. The SMILES string of the molecule is C[C@H](NC(=O)C1=Cc2cc(Br)ccc2OC1)c1ccc(-n2ccnc2)cc1. The van der Waals surface area contributed by atoms with Crippen LogP contribution in [0.1, 0.15) is 24.1 Å². The number of aromatic nitrogens is 2. The van der Waals surface area contributed by atoms with Gasteiger partial charge in [0.15, 0.2) is 0 Å². The molecule has 0 spiro atoms. The minimum atomic E-state index is -0.119. The minimum absolute atomic E-state index is 0.112. The normalized spacial score (nSPS) is 13.9. The predicted octanol–water partition coefficient (Wildman–Crippen LogP) is 4.29. The lowest BCUT2D eigenvalue weighted by Crippen LogP contribution is -2.30. The number of benzene rings is 2. The molecular weight excluding hydrogens is 406 g/mol. The Kier molecular flexibility index (Phi) is 4.81. The van der Waals surface area contributed by atoms with Gasteiger partial charge in [0.25, 0.3) is 5.91 Å². The number of nitrogens with one attached hydrogen (secondary N) is 1. The molecule has 1 amide bonds. The van der Waals surface area contributed by atoms with Gasteiger partial charge in [0.2, 0.25) is 0 Å². The quantitative estimate of drug-likeness (QED) is 0.680. The molecule has 6 heteroatoms. The largest absolute Gasteiger partial charge is 0.488 e. The van der Waals surface area contributed by atoms with E-state index in [0.717, 1.165) is 27.0 Å². The second-order valence-electron chi connectivity index (χ2n) is 6.40. The van der Waals surface area contributed by atoms with Crippen LogP contribution in [0.3, 0.4) is 0 Å². The molecule has 0 bridgehead atoms. The summed E-state index contributed by atoms with van der Waals surface area (Å²) in [7, 11) is 0. The molecule has 1 aliphatic heterocycles. The fraction of sp³-hybridized carbons (Fsp3) is 0.143. The van der Waals surface area contributed by atoms with Crippen LogP contribution in [0, 0.1) is 0 Å². The molecule has 0 fully saturated rings. The first-order chi connectivity index (χ1) is 13.1. The first-order valence-corrected chi connectivity index (χ1v) is 9.41. The van der Waals surface area contributed by atoms with Crippen LogP contribution in [0.4, 0.5) is 0 Å². The number of carbonyl (C=O) groups is 1. The van der Waals surface area contributed by atoms with Gasteiger partial charge >= 0.3 is 0 Å². The van der Waals surface area contributed by atoms with E-state index in [2.05, 4.69) is 26.2 Å². The summed E-state index contributed by atoms with van der Waals surface area (Å²) in [6.07, 6.45) is 7.28. The first-order valence-electron chi connectivity index (χ1n) is 8.62. The van der Waals surface area contributed by atoms with Crippen molar-refractivity contribution in [3.63, 3.8) is 0 Å². The zero-order chi connectivity index (χ0) is 18.8. The maximum atomic E-state index is 12.6. The molecule has 0 saturated carbocycles. The highest BCUT2D eigenvalue weighted by atomic mass is 79.9. The number of carbonyl (C=O) groups excluding carboxylic acids is 1. The van der Waals surface area contributed by atoms with Crippen LogP contribution in [-0.4, -0.2) is 22.1 Å². The number of amides is 1. The highest BCUT2D eigenvalue weighted by molar-refractivity contribution is 9.10. The molecule has 1 aliphatic rings. The molecule has 0 unspecified atom stereocenters. The van der Waals surface area contributed by atoms with E-state index >= 15 is 0 Å². The van der Waals surface area contributed by atoms with Gasteiger partial charge in [-0.1, -0.05) is 28.1 Å². The molecule has 0 saturated heterocycles. The van der Waals surface area contributed by atoms with E-state index in [1.807, 2.05) is 66.2 Å². The van der Waals surface area contributed by atoms with Gasteiger partial charge < -0.3 is 14.6 Å². The van der Waals surface area contributed by atoms with Crippen LogP contribution in [-0.2, 0) is 4.79 Å². The van der Waals surface area contributed by atoms with Gasteiger partial charge in [-0.25, -0.2) is 4.98 Å². The fourth-order valence-corrected chi connectivity index (χ4v) is 3.38. The van der Waals surface area contributed by atoms with Crippen LogP contribution in [0.15, 0.2) is 71.2 Å². The van der Waals surface area contributed by atoms with Crippen molar-refractivity contribution in [1.82, 2.24) is 14.9 Å². The monoisotopic (exact) mass is 423 g/mol. The van der Waals surface area contributed by atoms with Gasteiger partial charge in [-0.2, -0.15) is 0 Å². The van der Waals surface area contributed by atoms with E-state index in [-0.39, 0.29) is 18.6 Å². The van der Waals surface area contributed by atoms with Crippen LogP contribution < -0.4 is 10.1 Å². The minimum Gasteiger partial charge on any atom is -0.488 e. The Hall–Kier alpha value is -2.86. The Morgan fingerprint density at radius 2 is 2.07 bits per heavy atom. The molecule has 136 valence electrons. The number of fused-ring (bicyclic) bond motifs is 1. The second kappa shape index (κ2) is 7.40. The number of nitrogens with zero attached hydrogens (tertiary/aromatic N) is 2. The number of rotatable bonds is 4. The number of halogens is 1. The average Bonchev–Trinajstić information content (AvgIpc) is 3.22. The molecule has 2 aromatic carbocycles. The third-order valence-electron chi connectivity index (χ3n) is 4.52. The van der Waals surface area contributed by atoms with Gasteiger partial charge in [-0.15, -0.1) is 0 Å². The van der Waals surface area contributed by atoms with Crippen molar-refractivity contribution < 1.29 is 9.53 Å². The van der Waals surface area contributed by atoms with E-state index in [4.69, 9.17) is 4.74 Å². The first kappa shape index (κ1) is 17.5. The van der Waals surface area contributed by atoms with E-state index in [9.17, 15) is 4.79 Å². The average molecular weight is 424 g/mol. The fourth-order valence-electron chi connectivity index (χ4n) is 3.00. The van der Waals surface area contributed by atoms with E-state index < -0.39 is 0 Å². The molecular formula is C21H18BrN3O2. The van der Waals surface area contributed by atoms with Gasteiger partial charge in [0.05, 0.1) is 17.9 Å². The number of hydrogen-bond donors (Lipinski definition) is 1. The van der Waals surface area contributed by atoms with Crippen molar-refractivity contribution >= 4 is 27.9 Å². The van der Waals surface area contributed by atoms with Crippen molar-refractivity contribution in [2.45, 2.75) is 13.0 Å². The highest BCUT2D eigenvalue weighted by Gasteiger charge is 2.19. The summed E-state index contributed by atoms with van der Waals surface area (Å²) in [5.74, 6) is 0.671. The zero-order valence-corrected chi connectivity index (χ0v) is 16.3. The van der Waals surface area contributed by atoms with E-state index in [1.165, 1.54) is 0 Å². The lowest BCUT2D eigenvalue weighted by Gasteiger charge is -2.20. The Labute approximate surface area is 165 Å². The van der Waals surface area contributed by atoms with Crippen molar-refractivity contribution in [3.05, 3.63) is 82.4 Å². The Bertz CT molecular complexity index is 995. The number of imidazole rings is 1. The maximum Gasteiger partial charge on any atom is 0.251 e. The molecule has 0 aliphatic carbocycles. The summed E-state index contributed by atoms with van der Waals surface area (Å²) in [5.41, 5.74) is 3.58. The zero-order valence-electron chi connectivity index (χ0n) is 14.7. The molecule has 3 aromatic rings. The van der Waals surface area contributed by atoms with Crippen LogP contribution in [0.2, 0.25) is 0 Å². The van der Waals surface area contributed by atoms with Crippen molar-refractivity contribution in [2.24, 2.45) is 0 Å². The van der Waals surface area contributed by atoms with Gasteiger partial charge in [-0.3, -0.25) is 4.79 Å². The molecule has 1 N–H and O–H groups in total. The summed E-state index contributed by atoms with van der Waals surface area (Å²) in [6, 6.07) is 13.7. The molecule has 1 aromatic heterocycles. The van der Waals surface area contributed by atoms with Gasteiger partial charge in [0.1, 0.15) is 12.4 Å². The summed E-state index contributed by atoms with van der Waals surface area (Å²) >= 11 is 3.45. The second-order valence-corrected chi connectivity index (χ2v) is 7.31. The smallest absolute Gasteiger partial charge is 0.251 e. The number of hydrogen-bond acceptors (Lipinski definition) is 3. The molecule has 1 atom stereocenters. The van der Waals surface area contributed by atoms with Crippen molar-refractivity contribution in [3.8, 4) is 11.4 Å². The van der Waals surface area contributed by atoms with Crippen LogP contribution in [0.5, 0.6) is 5.75 Å². The van der Waals surface area contributed by atoms with Crippen LogP contribution >= 0.6 is 15.9 Å². The molecule has 0 radical (unpaired) electrons.